The van der Waals surface area contributed by atoms with Gasteiger partial charge in [-0.1, -0.05) is 6.07 Å². The molecule has 2 heterocycles. The minimum Gasteiger partial charge on any atom is -0.497 e. The van der Waals surface area contributed by atoms with Crippen molar-refractivity contribution in [1.29, 1.82) is 0 Å². The van der Waals surface area contributed by atoms with Crippen LogP contribution in [0, 0.1) is 4.77 Å². The van der Waals surface area contributed by atoms with Gasteiger partial charge in [0, 0.05) is 37.2 Å². The van der Waals surface area contributed by atoms with Crippen molar-refractivity contribution in [3.05, 3.63) is 34.4 Å². The topological polar surface area (TPSA) is 44.5 Å². The summed E-state index contributed by atoms with van der Waals surface area (Å²) in [7, 11) is 5.43. The third-order valence-electron chi connectivity index (χ3n) is 5.50. The fourth-order valence-electron chi connectivity index (χ4n) is 3.91. The van der Waals surface area contributed by atoms with Gasteiger partial charge in [-0.2, -0.15) is 5.10 Å². The Labute approximate surface area is 159 Å². The van der Waals surface area contributed by atoms with E-state index in [0.717, 1.165) is 48.1 Å². The Morgan fingerprint density at radius 3 is 2.69 bits per heavy atom. The van der Waals surface area contributed by atoms with Crippen molar-refractivity contribution < 1.29 is 9.47 Å². The van der Waals surface area contributed by atoms with Crippen molar-refractivity contribution in [3.8, 4) is 11.5 Å². The van der Waals surface area contributed by atoms with Gasteiger partial charge in [0.2, 0.25) is 0 Å². The molecule has 1 aliphatic heterocycles. The standard InChI is InChI=1S/C19H26N4O2S/c1-21-18(13-6-7-13)20-23(19(21)26)12-22-10-4-5-16(22)15-9-8-14(24-2)11-17(15)25-3/h8-9,11,13,16H,4-7,10,12H2,1-3H3/t16-/m0/s1. The summed E-state index contributed by atoms with van der Waals surface area (Å²) in [6.07, 6.45) is 4.73. The number of benzene rings is 1. The molecule has 2 aromatic rings. The molecule has 2 fully saturated rings. The van der Waals surface area contributed by atoms with Crippen LogP contribution in [0.1, 0.15) is 49.0 Å². The normalized spacial score (nSPS) is 20.5. The average molecular weight is 375 g/mol. The molecule has 1 aromatic heterocycles. The SMILES string of the molecule is COc1ccc([C@@H]2CCCN2Cn2nc(C3CC3)n(C)c2=S)c(OC)c1. The van der Waals surface area contributed by atoms with Crippen LogP contribution in [0.3, 0.4) is 0 Å². The van der Waals surface area contributed by atoms with Gasteiger partial charge in [0.25, 0.3) is 0 Å². The molecule has 1 saturated heterocycles. The molecule has 1 aromatic carbocycles. The van der Waals surface area contributed by atoms with Crippen molar-refractivity contribution in [2.24, 2.45) is 7.05 Å². The van der Waals surface area contributed by atoms with E-state index in [1.54, 1.807) is 14.2 Å². The van der Waals surface area contributed by atoms with E-state index in [4.69, 9.17) is 26.8 Å². The highest BCUT2D eigenvalue weighted by Gasteiger charge is 2.32. The van der Waals surface area contributed by atoms with Crippen LogP contribution in [0.4, 0.5) is 0 Å². The summed E-state index contributed by atoms with van der Waals surface area (Å²) in [6.45, 7) is 1.76. The quantitative estimate of drug-likeness (QED) is 0.723. The van der Waals surface area contributed by atoms with Gasteiger partial charge in [-0.15, -0.1) is 0 Å². The largest absolute Gasteiger partial charge is 0.497 e. The monoisotopic (exact) mass is 374 g/mol. The molecule has 140 valence electrons. The zero-order valence-electron chi connectivity index (χ0n) is 15.6. The molecule has 0 amide bonds. The van der Waals surface area contributed by atoms with E-state index in [0.29, 0.717) is 12.0 Å². The van der Waals surface area contributed by atoms with E-state index in [2.05, 4.69) is 15.5 Å². The van der Waals surface area contributed by atoms with E-state index >= 15 is 0 Å². The van der Waals surface area contributed by atoms with Gasteiger partial charge in [-0.25, -0.2) is 4.68 Å². The van der Waals surface area contributed by atoms with Gasteiger partial charge in [0.05, 0.1) is 20.9 Å². The highest BCUT2D eigenvalue weighted by atomic mass is 32.1. The molecule has 0 unspecified atom stereocenters. The molecule has 6 nitrogen and oxygen atoms in total. The lowest BCUT2D eigenvalue weighted by atomic mass is 10.0. The number of methoxy groups -OCH3 is 2. The number of likely N-dealkylation sites (tertiary alicyclic amines) is 1. The van der Waals surface area contributed by atoms with Gasteiger partial charge in [-0.05, 0) is 44.0 Å². The Morgan fingerprint density at radius 1 is 1.19 bits per heavy atom. The summed E-state index contributed by atoms with van der Waals surface area (Å²) in [4.78, 5) is 2.45. The fourth-order valence-corrected chi connectivity index (χ4v) is 4.10. The Hall–Kier alpha value is -1.86. The van der Waals surface area contributed by atoms with Gasteiger partial charge in [0.1, 0.15) is 17.3 Å². The summed E-state index contributed by atoms with van der Waals surface area (Å²) in [5.41, 5.74) is 1.20. The van der Waals surface area contributed by atoms with Crippen LogP contribution in [-0.4, -0.2) is 40.0 Å². The van der Waals surface area contributed by atoms with Crippen molar-refractivity contribution in [3.63, 3.8) is 0 Å². The third-order valence-corrected chi connectivity index (χ3v) is 5.98. The summed E-state index contributed by atoms with van der Waals surface area (Å²) in [5.74, 6) is 3.42. The van der Waals surface area contributed by atoms with Crippen molar-refractivity contribution >= 4 is 12.2 Å². The molecule has 4 rings (SSSR count). The summed E-state index contributed by atoms with van der Waals surface area (Å²) < 4.78 is 15.8. The molecular formula is C19H26N4O2S. The number of nitrogens with zero attached hydrogens (tertiary/aromatic N) is 4. The van der Waals surface area contributed by atoms with Gasteiger partial charge >= 0.3 is 0 Å². The first-order chi connectivity index (χ1) is 12.6. The zero-order chi connectivity index (χ0) is 18.3. The van der Waals surface area contributed by atoms with Crippen LogP contribution in [-0.2, 0) is 13.7 Å². The van der Waals surface area contributed by atoms with Gasteiger partial charge < -0.3 is 14.0 Å². The second-order valence-electron chi connectivity index (χ2n) is 7.19. The second kappa shape index (κ2) is 7.04. The zero-order valence-corrected chi connectivity index (χ0v) is 16.5. The van der Waals surface area contributed by atoms with Crippen molar-refractivity contribution in [2.45, 2.75) is 44.3 Å². The summed E-state index contributed by atoms with van der Waals surface area (Å²) in [6, 6.07) is 6.40. The molecule has 1 aliphatic carbocycles. The van der Waals surface area contributed by atoms with Gasteiger partial charge in [0.15, 0.2) is 4.77 Å². The van der Waals surface area contributed by atoms with E-state index in [1.165, 1.54) is 18.4 Å². The highest BCUT2D eigenvalue weighted by Crippen LogP contribution is 2.40. The third kappa shape index (κ3) is 3.14. The maximum Gasteiger partial charge on any atom is 0.198 e. The van der Waals surface area contributed by atoms with E-state index in [1.807, 2.05) is 23.9 Å². The van der Waals surface area contributed by atoms with E-state index < -0.39 is 0 Å². The Balaban J connectivity index is 1.60. The Bertz CT molecular complexity index is 856. The molecular weight excluding hydrogens is 348 g/mol. The van der Waals surface area contributed by atoms with Crippen LogP contribution in [0.15, 0.2) is 18.2 Å². The van der Waals surface area contributed by atoms with E-state index in [9.17, 15) is 0 Å². The minimum atomic E-state index is 0.309. The number of aromatic nitrogens is 3. The number of hydrogen-bond donors (Lipinski definition) is 0. The first-order valence-electron chi connectivity index (χ1n) is 9.22. The van der Waals surface area contributed by atoms with Crippen molar-refractivity contribution in [1.82, 2.24) is 19.2 Å². The van der Waals surface area contributed by atoms with Crippen LogP contribution < -0.4 is 9.47 Å². The fraction of sp³-hybridized carbons (Fsp3) is 0.579. The molecule has 26 heavy (non-hydrogen) atoms. The van der Waals surface area contributed by atoms with Crippen molar-refractivity contribution in [2.75, 3.05) is 20.8 Å². The average Bonchev–Trinajstić information content (AvgIpc) is 3.35. The smallest absolute Gasteiger partial charge is 0.198 e. The lowest BCUT2D eigenvalue weighted by Gasteiger charge is -2.26. The molecule has 2 aliphatic rings. The van der Waals surface area contributed by atoms with Crippen LogP contribution in [0.2, 0.25) is 0 Å². The molecule has 0 spiro atoms. The summed E-state index contributed by atoms with van der Waals surface area (Å²) >= 11 is 5.63. The highest BCUT2D eigenvalue weighted by molar-refractivity contribution is 7.71. The van der Waals surface area contributed by atoms with E-state index in [-0.39, 0.29) is 0 Å². The lowest BCUT2D eigenvalue weighted by molar-refractivity contribution is 0.186. The maximum atomic E-state index is 5.63. The summed E-state index contributed by atoms with van der Waals surface area (Å²) in [5, 5.41) is 4.82. The molecule has 0 N–H and O–H groups in total. The first-order valence-corrected chi connectivity index (χ1v) is 9.63. The Morgan fingerprint density at radius 2 is 2.00 bits per heavy atom. The van der Waals surface area contributed by atoms with Crippen LogP contribution >= 0.6 is 12.2 Å². The molecule has 1 saturated carbocycles. The van der Waals surface area contributed by atoms with Crippen LogP contribution in [0.5, 0.6) is 11.5 Å². The molecule has 7 heteroatoms. The maximum absolute atomic E-state index is 5.63. The van der Waals surface area contributed by atoms with Crippen LogP contribution in [0.25, 0.3) is 0 Å². The number of hydrogen-bond acceptors (Lipinski definition) is 5. The lowest BCUT2D eigenvalue weighted by Crippen LogP contribution is -2.27. The first kappa shape index (κ1) is 17.5. The number of ether oxygens (including phenoxy) is 2. The molecule has 0 bridgehead atoms. The number of rotatable bonds is 6. The molecule has 0 radical (unpaired) electrons. The van der Waals surface area contributed by atoms with Gasteiger partial charge in [-0.3, -0.25) is 4.90 Å². The second-order valence-corrected chi connectivity index (χ2v) is 7.56. The molecule has 1 atom stereocenters. The minimum absolute atomic E-state index is 0.309. The predicted molar refractivity (Wildman–Crippen MR) is 102 cm³/mol. The predicted octanol–water partition coefficient (Wildman–Crippen LogP) is 3.64. The Kier molecular flexibility index (Phi) is 4.75.